The number of carboxylic acids is 1. The van der Waals surface area contributed by atoms with Crippen LogP contribution in [-0.4, -0.2) is 45.5 Å². The molecule has 1 aliphatic heterocycles. The van der Waals surface area contributed by atoms with Gasteiger partial charge < -0.3 is 20.2 Å². The third-order valence-electron chi connectivity index (χ3n) is 5.55. The molecule has 0 bridgehead atoms. The number of hydrogen-bond acceptors (Lipinski definition) is 5. The first kappa shape index (κ1) is 18.6. The zero-order valence-electron chi connectivity index (χ0n) is 15.3. The average molecular weight is 358 g/mol. The Morgan fingerprint density at radius 3 is 2.81 bits per heavy atom. The Morgan fingerprint density at radius 2 is 2.19 bits per heavy atom. The number of aromatic nitrogens is 1. The van der Waals surface area contributed by atoms with Crippen molar-refractivity contribution in [3.05, 3.63) is 35.4 Å². The van der Waals surface area contributed by atoms with Crippen molar-refractivity contribution in [1.82, 2.24) is 4.98 Å². The molecule has 1 saturated heterocycles. The maximum absolute atomic E-state index is 11.8. The number of hydrogen-bond donors (Lipinski definition) is 3. The van der Waals surface area contributed by atoms with Crippen molar-refractivity contribution in [2.45, 2.75) is 45.8 Å². The molecule has 0 radical (unpaired) electrons. The number of para-hydroxylation sites is 1. The molecule has 26 heavy (non-hydrogen) atoms. The Kier molecular flexibility index (Phi) is 5.16. The molecule has 1 fully saturated rings. The molecule has 2 atom stereocenters. The third-order valence-corrected chi connectivity index (χ3v) is 5.55. The largest absolute Gasteiger partial charge is 0.481 e. The highest BCUT2D eigenvalue weighted by Crippen LogP contribution is 2.39. The fourth-order valence-electron chi connectivity index (χ4n) is 4.03. The second kappa shape index (κ2) is 7.21. The van der Waals surface area contributed by atoms with Crippen molar-refractivity contribution in [3.8, 4) is 0 Å². The Labute approximate surface area is 153 Å². The summed E-state index contributed by atoms with van der Waals surface area (Å²) in [5.41, 5.74) is 1.49. The third kappa shape index (κ3) is 3.04. The molecule has 3 N–H and O–H groups in total. The fraction of sp³-hybridized carbons (Fsp3) is 0.500. The zero-order valence-corrected chi connectivity index (χ0v) is 15.3. The molecule has 0 spiro atoms. The van der Waals surface area contributed by atoms with Crippen LogP contribution in [0.2, 0.25) is 0 Å². The summed E-state index contributed by atoms with van der Waals surface area (Å²) in [4.78, 5) is 18.5. The Hall–Kier alpha value is -2.18. The van der Waals surface area contributed by atoms with Crippen molar-refractivity contribution >= 4 is 22.7 Å². The van der Waals surface area contributed by atoms with Gasteiger partial charge in [0.2, 0.25) is 0 Å². The number of aliphatic hydroxyl groups is 2. The maximum Gasteiger partial charge on any atom is 0.312 e. The maximum atomic E-state index is 11.8. The minimum absolute atomic E-state index is 0.155. The van der Waals surface area contributed by atoms with Crippen LogP contribution in [0.15, 0.2) is 24.3 Å². The number of carbonyl (C=O) groups is 1. The Morgan fingerprint density at radius 1 is 1.42 bits per heavy atom. The van der Waals surface area contributed by atoms with Gasteiger partial charge in [-0.3, -0.25) is 4.79 Å². The van der Waals surface area contributed by atoms with Crippen LogP contribution in [0.5, 0.6) is 0 Å². The average Bonchev–Trinajstić information content (AvgIpc) is 2.62. The van der Waals surface area contributed by atoms with Gasteiger partial charge in [-0.05, 0) is 31.4 Å². The van der Waals surface area contributed by atoms with E-state index in [2.05, 4.69) is 0 Å². The van der Waals surface area contributed by atoms with Gasteiger partial charge in [0.25, 0.3) is 0 Å². The van der Waals surface area contributed by atoms with Crippen molar-refractivity contribution in [2.24, 2.45) is 5.41 Å². The molecule has 1 aliphatic rings. The van der Waals surface area contributed by atoms with Gasteiger partial charge >= 0.3 is 5.97 Å². The molecule has 6 nitrogen and oxygen atoms in total. The number of benzene rings is 1. The summed E-state index contributed by atoms with van der Waals surface area (Å²) in [7, 11) is 0. The van der Waals surface area contributed by atoms with E-state index in [1.165, 1.54) is 0 Å². The van der Waals surface area contributed by atoms with E-state index in [-0.39, 0.29) is 13.2 Å². The summed E-state index contributed by atoms with van der Waals surface area (Å²) >= 11 is 0. The van der Waals surface area contributed by atoms with E-state index >= 15 is 0 Å². The van der Waals surface area contributed by atoms with Gasteiger partial charge in [0.15, 0.2) is 0 Å². The number of anilines is 1. The van der Waals surface area contributed by atoms with Gasteiger partial charge in [0, 0.05) is 24.0 Å². The molecule has 2 aromatic rings. The molecule has 1 aromatic carbocycles. The number of nitrogens with zero attached hydrogens (tertiary/aromatic N) is 2. The number of fused-ring (bicyclic) bond motifs is 1. The summed E-state index contributed by atoms with van der Waals surface area (Å²) < 4.78 is 0. The molecule has 0 saturated carbocycles. The predicted octanol–water partition coefficient (Wildman–Crippen LogP) is 2.48. The molecule has 0 unspecified atom stereocenters. The molecular weight excluding hydrogens is 332 g/mol. The standard InChI is InChI=1S/C20H26N2O4/c1-3-7-20(19(25)26)8-9-22(11-16(20)24)18-15(12-23)10-14-6-4-5-13(2)17(14)21-18/h4-6,10,16,23-24H,3,7-9,11-12H2,1-2H3,(H,25,26)/t16-,20-/m0/s1. The minimum Gasteiger partial charge on any atom is -0.481 e. The summed E-state index contributed by atoms with van der Waals surface area (Å²) in [6, 6.07) is 7.82. The number of rotatable bonds is 5. The molecule has 140 valence electrons. The van der Waals surface area contributed by atoms with Crippen LogP contribution in [0.1, 0.15) is 37.3 Å². The first-order valence-corrected chi connectivity index (χ1v) is 9.09. The lowest BCUT2D eigenvalue weighted by molar-refractivity contribution is -0.159. The van der Waals surface area contributed by atoms with E-state index in [0.29, 0.717) is 37.2 Å². The number of pyridine rings is 1. The minimum atomic E-state index is -1.10. The van der Waals surface area contributed by atoms with Crippen LogP contribution in [0, 0.1) is 12.3 Å². The summed E-state index contributed by atoms with van der Waals surface area (Å²) in [5, 5.41) is 31.1. The van der Waals surface area contributed by atoms with Gasteiger partial charge in [-0.15, -0.1) is 0 Å². The molecule has 1 aromatic heterocycles. The lowest BCUT2D eigenvalue weighted by Gasteiger charge is -2.43. The van der Waals surface area contributed by atoms with Crippen LogP contribution in [-0.2, 0) is 11.4 Å². The second-order valence-corrected chi connectivity index (χ2v) is 7.20. The number of aliphatic hydroxyl groups excluding tert-OH is 2. The number of β-amino-alcohol motifs (C(OH)–C–C–N with tert-alkyl or cyclic N) is 1. The predicted molar refractivity (Wildman–Crippen MR) is 100 cm³/mol. The van der Waals surface area contributed by atoms with Gasteiger partial charge in [0.1, 0.15) is 5.82 Å². The van der Waals surface area contributed by atoms with E-state index in [4.69, 9.17) is 4.98 Å². The van der Waals surface area contributed by atoms with Crippen LogP contribution in [0.4, 0.5) is 5.82 Å². The second-order valence-electron chi connectivity index (χ2n) is 7.20. The monoisotopic (exact) mass is 358 g/mol. The molecule has 0 amide bonds. The Balaban J connectivity index is 1.98. The van der Waals surface area contributed by atoms with E-state index in [9.17, 15) is 20.1 Å². The first-order chi connectivity index (χ1) is 12.4. The normalized spacial score (nSPS) is 23.4. The highest BCUT2D eigenvalue weighted by molar-refractivity contribution is 5.84. The quantitative estimate of drug-likeness (QED) is 0.760. The number of aryl methyl sites for hydroxylation is 1. The summed E-state index contributed by atoms with van der Waals surface area (Å²) in [5.74, 6) is -0.306. The van der Waals surface area contributed by atoms with Crippen molar-refractivity contribution in [1.29, 1.82) is 0 Å². The SMILES string of the molecule is CCC[C@]1(C(=O)O)CCN(c2nc3c(C)cccc3cc2CO)C[C@@H]1O. The Bertz CT molecular complexity index is 823. The van der Waals surface area contributed by atoms with E-state index in [1.807, 2.05) is 43.0 Å². The highest BCUT2D eigenvalue weighted by atomic mass is 16.4. The molecule has 3 rings (SSSR count). The van der Waals surface area contributed by atoms with Gasteiger partial charge in [-0.25, -0.2) is 4.98 Å². The van der Waals surface area contributed by atoms with E-state index in [1.54, 1.807) is 0 Å². The number of piperidine rings is 1. The van der Waals surface area contributed by atoms with Gasteiger partial charge in [0.05, 0.1) is 23.6 Å². The molecule has 6 heteroatoms. The number of carboxylic acid groups (broad SMARTS) is 1. The highest BCUT2D eigenvalue weighted by Gasteiger charge is 2.48. The van der Waals surface area contributed by atoms with Crippen molar-refractivity contribution < 1.29 is 20.1 Å². The lowest BCUT2D eigenvalue weighted by Crippen LogP contribution is -2.55. The van der Waals surface area contributed by atoms with Crippen molar-refractivity contribution in [3.63, 3.8) is 0 Å². The first-order valence-electron chi connectivity index (χ1n) is 9.09. The van der Waals surface area contributed by atoms with E-state index < -0.39 is 17.5 Å². The fourth-order valence-corrected chi connectivity index (χ4v) is 4.03. The summed E-state index contributed by atoms with van der Waals surface area (Å²) in [6.45, 7) is 4.45. The zero-order chi connectivity index (χ0) is 18.9. The topological polar surface area (TPSA) is 93.9 Å². The number of aliphatic carboxylic acids is 1. The van der Waals surface area contributed by atoms with Gasteiger partial charge in [-0.1, -0.05) is 31.5 Å². The van der Waals surface area contributed by atoms with E-state index in [0.717, 1.165) is 16.5 Å². The smallest absolute Gasteiger partial charge is 0.312 e. The molecule has 2 heterocycles. The molecule has 0 aliphatic carbocycles. The molecular formula is C20H26N2O4. The van der Waals surface area contributed by atoms with Crippen LogP contribution in [0.25, 0.3) is 10.9 Å². The van der Waals surface area contributed by atoms with Crippen LogP contribution < -0.4 is 4.90 Å². The summed E-state index contributed by atoms with van der Waals surface area (Å²) in [6.07, 6.45) is 0.539. The van der Waals surface area contributed by atoms with Crippen LogP contribution in [0.3, 0.4) is 0 Å². The lowest BCUT2D eigenvalue weighted by atomic mass is 9.72. The van der Waals surface area contributed by atoms with Gasteiger partial charge in [-0.2, -0.15) is 0 Å². The van der Waals surface area contributed by atoms with Crippen molar-refractivity contribution in [2.75, 3.05) is 18.0 Å². The van der Waals surface area contributed by atoms with Crippen LogP contribution >= 0.6 is 0 Å².